The molecule has 1 aromatic rings. The molecule has 2 heterocycles. The third kappa shape index (κ3) is 2.12. The predicted octanol–water partition coefficient (Wildman–Crippen LogP) is 0.530. The largest absolute Gasteiger partial charge is 0.495 e. The van der Waals surface area contributed by atoms with E-state index in [9.17, 15) is 9.59 Å². The number of nitrogens with zero attached hydrogens (tertiary/aromatic N) is 2. The van der Waals surface area contributed by atoms with Crippen LogP contribution in [0.2, 0.25) is 0 Å². The van der Waals surface area contributed by atoms with Gasteiger partial charge in [-0.15, -0.1) is 0 Å². The van der Waals surface area contributed by atoms with Gasteiger partial charge >= 0.3 is 0 Å². The number of amides is 2. The van der Waals surface area contributed by atoms with Gasteiger partial charge in [-0.3, -0.25) is 9.59 Å². The van der Waals surface area contributed by atoms with E-state index < -0.39 is 0 Å². The third-order valence-corrected chi connectivity index (χ3v) is 3.67. The van der Waals surface area contributed by atoms with E-state index in [0.717, 1.165) is 23.2 Å². The number of anilines is 1. The highest BCUT2D eigenvalue weighted by Crippen LogP contribution is 2.35. The Kier molecular flexibility index (Phi) is 3.31. The van der Waals surface area contributed by atoms with Gasteiger partial charge in [0.25, 0.3) is 5.91 Å². The molecule has 1 aromatic carbocycles. The molecule has 20 heavy (non-hydrogen) atoms. The number of hydrogen-bond donors (Lipinski definition) is 0. The normalized spacial score (nSPS) is 18.1. The van der Waals surface area contributed by atoms with Crippen molar-refractivity contribution in [3.05, 3.63) is 23.3 Å². The molecule has 1 fully saturated rings. The fourth-order valence-corrected chi connectivity index (χ4v) is 2.66. The summed E-state index contributed by atoms with van der Waals surface area (Å²) in [6.45, 7) is 2.30. The van der Waals surface area contributed by atoms with Crippen LogP contribution in [-0.4, -0.2) is 44.1 Å². The molecule has 0 saturated carbocycles. The van der Waals surface area contributed by atoms with Crippen LogP contribution in [0.4, 0.5) is 5.69 Å². The van der Waals surface area contributed by atoms with Crippen LogP contribution in [0.25, 0.3) is 0 Å². The molecule has 0 spiro atoms. The Morgan fingerprint density at radius 2 is 2.05 bits per heavy atom. The van der Waals surface area contributed by atoms with Crippen molar-refractivity contribution < 1.29 is 19.1 Å². The summed E-state index contributed by atoms with van der Waals surface area (Å²) in [7, 11) is 1.59. The monoisotopic (exact) mass is 276 g/mol. The van der Waals surface area contributed by atoms with Crippen molar-refractivity contribution in [1.82, 2.24) is 4.90 Å². The van der Waals surface area contributed by atoms with Gasteiger partial charge in [0.05, 0.1) is 19.4 Å². The van der Waals surface area contributed by atoms with Crippen LogP contribution in [0.5, 0.6) is 5.75 Å². The molecule has 0 bridgehead atoms. The zero-order valence-electron chi connectivity index (χ0n) is 11.3. The van der Waals surface area contributed by atoms with E-state index >= 15 is 0 Å². The van der Waals surface area contributed by atoms with E-state index in [0.29, 0.717) is 32.0 Å². The summed E-state index contributed by atoms with van der Waals surface area (Å²) < 4.78 is 10.5. The van der Waals surface area contributed by atoms with Gasteiger partial charge < -0.3 is 19.3 Å². The lowest BCUT2D eigenvalue weighted by Crippen LogP contribution is -2.41. The van der Waals surface area contributed by atoms with Crippen LogP contribution < -0.4 is 9.64 Å². The number of methoxy groups -OCH3 is 1. The smallest absolute Gasteiger partial charge is 0.253 e. The summed E-state index contributed by atoms with van der Waals surface area (Å²) in [4.78, 5) is 26.2. The lowest BCUT2D eigenvalue weighted by molar-refractivity contribution is -0.125. The second-order valence-electron chi connectivity index (χ2n) is 4.90. The van der Waals surface area contributed by atoms with E-state index in [1.165, 1.54) is 0 Å². The number of morpholine rings is 1. The highest BCUT2D eigenvalue weighted by molar-refractivity contribution is 5.96. The molecule has 106 valence electrons. The maximum absolute atomic E-state index is 12.0. The molecule has 3 rings (SSSR count). The summed E-state index contributed by atoms with van der Waals surface area (Å²) in [6, 6.07) is 3.86. The number of carbonyl (C=O) groups is 2. The van der Waals surface area contributed by atoms with Crippen LogP contribution in [0.1, 0.15) is 11.1 Å². The standard InChI is InChI=1S/C14H16N2O4/c1-19-13-5-11-7-15(9-17)6-10(11)4-12(13)16-2-3-20-8-14(16)18/h4-5,9H,2-3,6-8H2,1H3. The minimum Gasteiger partial charge on any atom is -0.495 e. The second kappa shape index (κ2) is 5.13. The van der Waals surface area contributed by atoms with Gasteiger partial charge in [-0.25, -0.2) is 0 Å². The van der Waals surface area contributed by atoms with Gasteiger partial charge in [0.2, 0.25) is 6.41 Å². The zero-order valence-corrected chi connectivity index (χ0v) is 11.3. The SMILES string of the molecule is COc1cc2c(cc1N1CCOCC1=O)CN(C=O)C2. The first-order valence-electron chi connectivity index (χ1n) is 6.50. The highest BCUT2D eigenvalue weighted by atomic mass is 16.5. The molecular weight excluding hydrogens is 260 g/mol. The Morgan fingerprint density at radius 1 is 1.30 bits per heavy atom. The topological polar surface area (TPSA) is 59.1 Å². The highest BCUT2D eigenvalue weighted by Gasteiger charge is 2.26. The number of fused-ring (bicyclic) bond motifs is 1. The Morgan fingerprint density at radius 3 is 2.70 bits per heavy atom. The first-order chi connectivity index (χ1) is 9.72. The van der Waals surface area contributed by atoms with Gasteiger partial charge in [-0.1, -0.05) is 0 Å². The molecule has 0 aromatic heterocycles. The summed E-state index contributed by atoms with van der Waals surface area (Å²) in [5, 5.41) is 0. The second-order valence-corrected chi connectivity index (χ2v) is 4.90. The maximum atomic E-state index is 12.0. The van der Waals surface area contributed by atoms with Gasteiger partial charge in [0.1, 0.15) is 12.4 Å². The molecule has 6 heteroatoms. The van der Waals surface area contributed by atoms with Crippen LogP contribution in [0, 0.1) is 0 Å². The molecule has 0 radical (unpaired) electrons. The van der Waals surface area contributed by atoms with Crippen molar-refractivity contribution in [1.29, 1.82) is 0 Å². The number of carbonyl (C=O) groups excluding carboxylic acids is 2. The molecule has 1 saturated heterocycles. The van der Waals surface area contributed by atoms with Crippen LogP contribution in [-0.2, 0) is 27.4 Å². The average Bonchev–Trinajstić information content (AvgIpc) is 2.88. The number of hydrogen-bond acceptors (Lipinski definition) is 4. The van der Waals surface area contributed by atoms with Crippen molar-refractivity contribution >= 4 is 18.0 Å². The average molecular weight is 276 g/mol. The fraction of sp³-hybridized carbons (Fsp3) is 0.429. The van der Waals surface area contributed by atoms with Crippen molar-refractivity contribution in [3.63, 3.8) is 0 Å². The van der Waals surface area contributed by atoms with Crippen molar-refractivity contribution in [2.45, 2.75) is 13.1 Å². The van der Waals surface area contributed by atoms with Crippen molar-refractivity contribution in [3.8, 4) is 5.75 Å². The molecule has 2 amide bonds. The molecule has 6 nitrogen and oxygen atoms in total. The number of benzene rings is 1. The molecule has 2 aliphatic heterocycles. The predicted molar refractivity (Wildman–Crippen MR) is 71.5 cm³/mol. The lowest BCUT2D eigenvalue weighted by Gasteiger charge is -2.28. The molecular formula is C14H16N2O4. The van der Waals surface area contributed by atoms with Crippen molar-refractivity contribution in [2.24, 2.45) is 0 Å². The zero-order chi connectivity index (χ0) is 14.1. The van der Waals surface area contributed by atoms with Crippen LogP contribution in [0.3, 0.4) is 0 Å². The summed E-state index contributed by atoms with van der Waals surface area (Å²) in [5.41, 5.74) is 2.89. The minimum atomic E-state index is -0.0697. The van der Waals surface area contributed by atoms with Gasteiger partial charge in [0, 0.05) is 19.6 Å². The maximum Gasteiger partial charge on any atom is 0.253 e. The minimum absolute atomic E-state index is 0.0697. The summed E-state index contributed by atoms with van der Waals surface area (Å²) in [5.74, 6) is 0.589. The van der Waals surface area contributed by atoms with Crippen LogP contribution >= 0.6 is 0 Å². The van der Waals surface area contributed by atoms with E-state index in [1.54, 1.807) is 16.9 Å². The van der Waals surface area contributed by atoms with E-state index in [4.69, 9.17) is 9.47 Å². The number of ether oxygens (including phenoxy) is 2. The first-order valence-corrected chi connectivity index (χ1v) is 6.50. The molecule has 0 atom stereocenters. The molecule has 0 aliphatic carbocycles. The Labute approximate surface area is 116 Å². The first kappa shape index (κ1) is 12.9. The molecule has 0 N–H and O–H groups in total. The Balaban J connectivity index is 1.99. The van der Waals surface area contributed by atoms with Gasteiger partial charge in [-0.2, -0.15) is 0 Å². The lowest BCUT2D eigenvalue weighted by atomic mass is 10.1. The fourth-order valence-electron chi connectivity index (χ4n) is 2.66. The Hall–Kier alpha value is -2.08. The van der Waals surface area contributed by atoms with Gasteiger partial charge in [-0.05, 0) is 23.3 Å². The van der Waals surface area contributed by atoms with E-state index in [-0.39, 0.29) is 12.5 Å². The van der Waals surface area contributed by atoms with Crippen molar-refractivity contribution in [2.75, 3.05) is 31.8 Å². The van der Waals surface area contributed by atoms with Crippen LogP contribution in [0.15, 0.2) is 12.1 Å². The molecule has 2 aliphatic rings. The Bertz CT molecular complexity index is 558. The summed E-state index contributed by atoms with van der Waals surface area (Å²) in [6.07, 6.45) is 0.839. The number of rotatable bonds is 3. The third-order valence-electron chi connectivity index (χ3n) is 3.67. The van der Waals surface area contributed by atoms with E-state index in [2.05, 4.69) is 0 Å². The summed E-state index contributed by atoms with van der Waals surface area (Å²) >= 11 is 0. The van der Waals surface area contributed by atoms with E-state index in [1.807, 2.05) is 12.1 Å². The molecule has 0 unspecified atom stereocenters. The van der Waals surface area contributed by atoms with Gasteiger partial charge in [0.15, 0.2) is 0 Å². The quantitative estimate of drug-likeness (QED) is 0.756.